The second-order valence-electron chi connectivity index (χ2n) is 5.46. The highest BCUT2D eigenvalue weighted by molar-refractivity contribution is 5.86. The van der Waals surface area contributed by atoms with Gasteiger partial charge in [-0.05, 0) is 37.9 Å². The first-order valence-corrected chi connectivity index (χ1v) is 7.68. The second-order valence-corrected chi connectivity index (χ2v) is 5.46. The standard InChI is InChI=1S/C17H25NO2/c1-3-18(4-2)13-8-14-20-16(19)17(11-12-17)15-9-6-5-7-10-15/h5-7,9-10H,3-4,8,11-14H2,1-2H3. The summed E-state index contributed by atoms with van der Waals surface area (Å²) in [6.45, 7) is 7.95. The number of esters is 1. The molecule has 1 aromatic carbocycles. The van der Waals surface area contributed by atoms with Gasteiger partial charge in [-0.25, -0.2) is 0 Å². The highest BCUT2D eigenvalue weighted by Gasteiger charge is 2.52. The number of rotatable bonds is 8. The predicted octanol–water partition coefficient (Wildman–Crippen LogP) is 2.99. The normalized spacial score (nSPS) is 16.1. The first-order chi connectivity index (χ1) is 9.73. The molecule has 0 atom stereocenters. The highest BCUT2D eigenvalue weighted by atomic mass is 16.5. The maximum absolute atomic E-state index is 12.3. The van der Waals surface area contributed by atoms with Gasteiger partial charge in [0, 0.05) is 6.54 Å². The number of ether oxygens (including phenoxy) is 1. The molecular formula is C17H25NO2. The molecule has 0 amide bonds. The van der Waals surface area contributed by atoms with Crippen LogP contribution in [0, 0.1) is 0 Å². The Hall–Kier alpha value is -1.35. The minimum absolute atomic E-state index is 0.0387. The molecule has 1 aliphatic rings. The third-order valence-corrected chi connectivity index (χ3v) is 4.21. The zero-order valence-corrected chi connectivity index (χ0v) is 12.6. The van der Waals surface area contributed by atoms with Crippen LogP contribution in [-0.4, -0.2) is 37.1 Å². The minimum Gasteiger partial charge on any atom is -0.465 e. The predicted molar refractivity (Wildman–Crippen MR) is 80.7 cm³/mol. The van der Waals surface area contributed by atoms with Crippen LogP contribution in [0.4, 0.5) is 0 Å². The van der Waals surface area contributed by atoms with Gasteiger partial charge >= 0.3 is 5.97 Å². The number of benzene rings is 1. The van der Waals surface area contributed by atoms with E-state index < -0.39 is 0 Å². The molecule has 1 saturated carbocycles. The molecule has 1 fully saturated rings. The SMILES string of the molecule is CCN(CC)CCCOC(=O)C1(c2ccccc2)CC1. The molecule has 3 nitrogen and oxygen atoms in total. The molecule has 3 heteroatoms. The van der Waals surface area contributed by atoms with E-state index in [-0.39, 0.29) is 11.4 Å². The van der Waals surface area contributed by atoms with Gasteiger partial charge in [-0.15, -0.1) is 0 Å². The van der Waals surface area contributed by atoms with E-state index in [0.717, 1.165) is 44.5 Å². The van der Waals surface area contributed by atoms with Gasteiger partial charge < -0.3 is 9.64 Å². The van der Waals surface area contributed by atoms with Crippen molar-refractivity contribution in [1.29, 1.82) is 0 Å². The van der Waals surface area contributed by atoms with E-state index in [1.54, 1.807) is 0 Å². The summed E-state index contributed by atoms with van der Waals surface area (Å²) in [5, 5.41) is 0. The molecule has 0 aromatic heterocycles. The van der Waals surface area contributed by atoms with Crippen molar-refractivity contribution in [3.63, 3.8) is 0 Å². The number of nitrogens with zero attached hydrogens (tertiary/aromatic N) is 1. The van der Waals surface area contributed by atoms with Gasteiger partial charge in [-0.3, -0.25) is 4.79 Å². The molecule has 0 saturated heterocycles. The van der Waals surface area contributed by atoms with E-state index in [2.05, 4.69) is 18.7 Å². The Morgan fingerprint density at radius 1 is 1.20 bits per heavy atom. The minimum atomic E-state index is -0.337. The van der Waals surface area contributed by atoms with E-state index in [1.807, 2.05) is 30.3 Å². The molecule has 1 aliphatic carbocycles. The first kappa shape index (κ1) is 15.0. The highest BCUT2D eigenvalue weighted by Crippen LogP contribution is 2.49. The summed E-state index contributed by atoms with van der Waals surface area (Å²) in [6.07, 6.45) is 2.76. The van der Waals surface area contributed by atoms with Crippen LogP contribution in [0.1, 0.15) is 38.7 Å². The van der Waals surface area contributed by atoms with Crippen LogP contribution in [-0.2, 0) is 14.9 Å². The van der Waals surface area contributed by atoms with Crippen LogP contribution in [0.5, 0.6) is 0 Å². The molecule has 110 valence electrons. The summed E-state index contributed by atoms with van der Waals surface area (Å²) in [5.74, 6) is -0.0387. The molecule has 0 unspecified atom stereocenters. The monoisotopic (exact) mass is 275 g/mol. The van der Waals surface area contributed by atoms with Crippen LogP contribution in [0.25, 0.3) is 0 Å². The molecule has 0 spiro atoms. The molecule has 0 radical (unpaired) electrons. The molecule has 0 heterocycles. The number of hydrogen-bond acceptors (Lipinski definition) is 3. The largest absolute Gasteiger partial charge is 0.465 e. The van der Waals surface area contributed by atoms with Crippen LogP contribution >= 0.6 is 0 Å². The smallest absolute Gasteiger partial charge is 0.316 e. The second kappa shape index (κ2) is 6.89. The maximum Gasteiger partial charge on any atom is 0.316 e. The Morgan fingerprint density at radius 3 is 2.40 bits per heavy atom. The van der Waals surface area contributed by atoms with E-state index in [0.29, 0.717) is 6.61 Å². The number of hydrogen-bond donors (Lipinski definition) is 0. The summed E-state index contributed by atoms with van der Waals surface area (Å²) in [5.41, 5.74) is 0.768. The van der Waals surface area contributed by atoms with Crippen molar-refractivity contribution in [2.75, 3.05) is 26.2 Å². The number of carbonyl (C=O) groups excluding carboxylic acids is 1. The summed E-state index contributed by atoms with van der Waals surface area (Å²) in [4.78, 5) is 14.6. The molecular weight excluding hydrogens is 250 g/mol. The van der Waals surface area contributed by atoms with Crippen LogP contribution < -0.4 is 0 Å². The van der Waals surface area contributed by atoms with Gasteiger partial charge in [0.05, 0.1) is 12.0 Å². The van der Waals surface area contributed by atoms with Crippen molar-refractivity contribution in [1.82, 2.24) is 4.90 Å². The van der Waals surface area contributed by atoms with Crippen molar-refractivity contribution in [2.24, 2.45) is 0 Å². The van der Waals surface area contributed by atoms with Gasteiger partial charge in [0.2, 0.25) is 0 Å². The summed E-state index contributed by atoms with van der Waals surface area (Å²) in [7, 11) is 0. The number of carbonyl (C=O) groups is 1. The maximum atomic E-state index is 12.3. The summed E-state index contributed by atoms with van der Waals surface area (Å²) in [6, 6.07) is 10.0. The Morgan fingerprint density at radius 2 is 1.85 bits per heavy atom. The fourth-order valence-electron chi connectivity index (χ4n) is 2.62. The average molecular weight is 275 g/mol. The Labute approximate surface area is 121 Å². The lowest BCUT2D eigenvalue weighted by Crippen LogP contribution is -2.27. The first-order valence-electron chi connectivity index (χ1n) is 7.68. The topological polar surface area (TPSA) is 29.5 Å². The Balaban J connectivity index is 1.78. The molecule has 20 heavy (non-hydrogen) atoms. The van der Waals surface area contributed by atoms with Crippen LogP contribution in [0.2, 0.25) is 0 Å². The molecule has 2 rings (SSSR count). The fourth-order valence-corrected chi connectivity index (χ4v) is 2.62. The van der Waals surface area contributed by atoms with E-state index in [1.165, 1.54) is 0 Å². The fraction of sp³-hybridized carbons (Fsp3) is 0.588. The lowest BCUT2D eigenvalue weighted by molar-refractivity contribution is -0.147. The van der Waals surface area contributed by atoms with E-state index >= 15 is 0 Å². The van der Waals surface area contributed by atoms with Crippen molar-refractivity contribution in [2.45, 2.75) is 38.5 Å². The molecule has 0 bridgehead atoms. The quantitative estimate of drug-likeness (QED) is 0.539. The van der Waals surface area contributed by atoms with Crippen LogP contribution in [0.15, 0.2) is 30.3 Å². The molecule has 0 aliphatic heterocycles. The van der Waals surface area contributed by atoms with Crippen molar-refractivity contribution in [3.05, 3.63) is 35.9 Å². The van der Waals surface area contributed by atoms with Gasteiger partial charge in [0.15, 0.2) is 0 Å². The van der Waals surface area contributed by atoms with E-state index in [9.17, 15) is 4.79 Å². The van der Waals surface area contributed by atoms with Crippen molar-refractivity contribution < 1.29 is 9.53 Å². The van der Waals surface area contributed by atoms with Gasteiger partial charge in [0.1, 0.15) is 0 Å². The zero-order chi connectivity index (χ0) is 14.4. The van der Waals surface area contributed by atoms with Gasteiger partial charge in [-0.1, -0.05) is 44.2 Å². The third-order valence-electron chi connectivity index (χ3n) is 4.21. The molecule has 1 aromatic rings. The van der Waals surface area contributed by atoms with Gasteiger partial charge in [0.25, 0.3) is 0 Å². The average Bonchev–Trinajstić information content (AvgIpc) is 3.30. The Bertz CT molecular complexity index is 422. The van der Waals surface area contributed by atoms with Crippen molar-refractivity contribution in [3.8, 4) is 0 Å². The molecule has 0 N–H and O–H groups in total. The lowest BCUT2D eigenvalue weighted by Gasteiger charge is -2.18. The van der Waals surface area contributed by atoms with Crippen molar-refractivity contribution >= 4 is 5.97 Å². The summed E-state index contributed by atoms with van der Waals surface area (Å²) < 4.78 is 5.50. The Kier molecular flexibility index (Phi) is 5.18. The van der Waals surface area contributed by atoms with Gasteiger partial charge in [-0.2, -0.15) is 0 Å². The third kappa shape index (κ3) is 3.40. The van der Waals surface area contributed by atoms with Crippen LogP contribution in [0.3, 0.4) is 0 Å². The van der Waals surface area contributed by atoms with E-state index in [4.69, 9.17) is 4.74 Å². The zero-order valence-electron chi connectivity index (χ0n) is 12.6. The lowest BCUT2D eigenvalue weighted by atomic mass is 9.96. The summed E-state index contributed by atoms with van der Waals surface area (Å²) >= 11 is 0.